The van der Waals surface area contributed by atoms with Gasteiger partial charge in [-0.25, -0.2) is 0 Å². The van der Waals surface area contributed by atoms with E-state index in [0.717, 1.165) is 11.5 Å². The SMILES string of the molecule is CCCCCCCCCCCCSC(=S)OCCOc1ccccc1.[Pt]. The molecule has 5 heteroatoms. The van der Waals surface area contributed by atoms with Crippen LogP contribution in [-0.2, 0) is 25.8 Å². The van der Waals surface area contributed by atoms with Crippen LogP contribution in [0.4, 0.5) is 0 Å². The van der Waals surface area contributed by atoms with Crippen molar-refractivity contribution in [2.24, 2.45) is 0 Å². The normalized spacial score (nSPS) is 10.2. The molecule has 0 fully saturated rings. The smallest absolute Gasteiger partial charge is 0.220 e. The van der Waals surface area contributed by atoms with Crippen LogP contribution in [0.3, 0.4) is 0 Å². The molecular formula is C21H34O2PtS2. The van der Waals surface area contributed by atoms with Gasteiger partial charge in [-0.3, -0.25) is 0 Å². The molecule has 0 aromatic heterocycles. The van der Waals surface area contributed by atoms with Gasteiger partial charge in [-0.2, -0.15) is 0 Å². The average Bonchev–Trinajstić information content (AvgIpc) is 2.64. The first-order valence-electron chi connectivity index (χ1n) is 9.80. The molecule has 0 N–H and O–H groups in total. The molecule has 1 aromatic carbocycles. The molecule has 0 saturated heterocycles. The molecule has 0 aliphatic rings. The molecular weight excluding hydrogens is 543 g/mol. The van der Waals surface area contributed by atoms with Gasteiger partial charge in [-0.15, -0.1) is 0 Å². The molecule has 0 radical (unpaired) electrons. The van der Waals surface area contributed by atoms with Crippen molar-refractivity contribution in [1.82, 2.24) is 0 Å². The standard InChI is InChI=1S/C21H34O2S2.Pt/c1-2-3-4-5-6-7-8-9-10-14-19-25-21(24)23-18-17-22-20-15-12-11-13-16-20;/h11-13,15-16H,2-10,14,17-19H2,1H3;. The van der Waals surface area contributed by atoms with Gasteiger partial charge in [0.25, 0.3) is 0 Å². The van der Waals surface area contributed by atoms with E-state index < -0.39 is 0 Å². The molecule has 0 spiro atoms. The molecule has 1 aromatic rings. The summed E-state index contributed by atoms with van der Waals surface area (Å²) in [6.45, 7) is 3.31. The van der Waals surface area contributed by atoms with Crippen molar-refractivity contribution in [3.63, 3.8) is 0 Å². The van der Waals surface area contributed by atoms with E-state index in [1.54, 1.807) is 11.8 Å². The number of rotatable bonds is 15. The zero-order chi connectivity index (χ0) is 18.0. The molecule has 0 amide bonds. The summed E-state index contributed by atoms with van der Waals surface area (Å²) < 4.78 is 11.7. The number of thiocarbonyl (C=S) groups is 1. The van der Waals surface area contributed by atoms with E-state index in [0.29, 0.717) is 17.6 Å². The second-order valence-electron chi connectivity index (χ2n) is 6.29. The van der Waals surface area contributed by atoms with E-state index in [9.17, 15) is 0 Å². The van der Waals surface area contributed by atoms with Crippen molar-refractivity contribution >= 4 is 28.4 Å². The minimum Gasteiger partial charge on any atom is -0.490 e. The van der Waals surface area contributed by atoms with Crippen LogP contribution in [0.5, 0.6) is 5.75 Å². The van der Waals surface area contributed by atoms with Gasteiger partial charge in [-0.05, 0) is 30.8 Å². The molecule has 2 nitrogen and oxygen atoms in total. The van der Waals surface area contributed by atoms with Crippen molar-refractivity contribution in [2.75, 3.05) is 19.0 Å². The number of unbranched alkanes of at least 4 members (excludes halogenated alkanes) is 9. The predicted molar refractivity (Wildman–Crippen MR) is 115 cm³/mol. The van der Waals surface area contributed by atoms with E-state index in [1.165, 1.54) is 64.2 Å². The number of benzene rings is 1. The fraction of sp³-hybridized carbons (Fsp3) is 0.667. The Bertz CT molecular complexity index is 429. The Morgan fingerprint density at radius 1 is 0.846 bits per heavy atom. The Labute approximate surface area is 184 Å². The van der Waals surface area contributed by atoms with E-state index in [1.807, 2.05) is 30.3 Å². The van der Waals surface area contributed by atoms with Crippen LogP contribution in [0.1, 0.15) is 71.1 Å². The van der Waals surface area contributed by atoms with Crippen LogP contribution >= 0.6 is 24.0 Å². The Balaban J connectivity index is 0.00000625. The first-order chi connectivity index (χ1) is 12.3. The Morgan fingerprint density at radius 2 is 1.42 bits per heavy atom. The summed E-state index contributed by atoms with van der Waals surface area (Å²) in [5, 5.41) is 0. The minimum absolute atomic E-state index is 0. The maximum Gasteiger partial charge on any atom is 0.220 e. The Hall–Kier alpha value is -0.0517. The zero-order valence-electron chi connectivity index (χ0n) is 16.0. The maximum absolute atomic E-state index is 5.57. The molecule has 0 heterocycles. The molecule has 152 valence electrons. The average molecular weight is 578 g/mol. The fourth-order valence-electron chi connectivity index (χ4n) is 2.59. The van der Waals surface area contributed by atoms with E-state index in [4.69, 9.17) is 21.7 Å². The summed E-state index contributed by atoms with van der Waals surface area (Å²) in [6.07, 6.45) is 13.7. The molecule has 0 unspecified atom stereocenters. The van der Waals surface area contributed by atoms with Crippen LogP contribution < -0.4 is 4.74 Å². The number of ether oxygens (including phenoxy) is 2. The van der Waals surface area contributed by atoms with Gasteiger partial charge in [-0.1, -0.05) is 94.7 Å². The quantitative estimate of drug-likeness (QED) is 0.165. The van der Waals surface area contributed by atoms with Crippen LogP contribution in [0.15, 0.2) is 30.3 Å². The van der Waals surface area contributed by atoms with Crippen LogP contribution in [-0.4, -0.2) is 23.3 Å². The largest absolute Gasteiger partial charge is 0.490 e. The van der Waals surface area contributed by atoms with E-state index >= 15 is 0 Å². The second-order valence-corrected chi connectivity index (χ2v) is 7.99. The molecule has 0 aliphatic heterocycles. The third-order valence-electron chi connectivity index (χ3n) is 4.03. The summed E-state index contributed by atoms with van der Waals surface area (Å²) in [5.41, 5.74) is 0. The maximum atomic E-state index is 5.57. The van der Waals surface area contributed by atoms with Gasteiger partial charge in [0.1, 0.15) is 19.0 Å². The number of hydrogen-bond donors (Lipinski definition) is 0. The molecule has 0 aliphatic carbocycles. The number of hydrogen-bond acceptors (Lipinski definition) is 4. The Kier molecular flexibility index (Phi) is 19.7. The Morgan fingerprint density at radius 3 is 2.04 bits per heavy atom. The monoisotopic (exact) mass is 577 g/mol. The third-order valence-corrected chi connectivity index (χ3v) is 5.35. The van der Waals surface area contributed by atoms with Gasteiger partial charge in [0.15, 0.2) is 0 Å². The van der Waals surface area contributed by atoms with E-state index in [-0.39, 0.29) is 21.1 Å². The second kappa shape index (κ2) is 19.7. The van der Waals surface area contributed by atoms with Crippen LogP contribution in [0.25, 0.3) is 0 Å². The summed E-state index contributed by atoms with van der Waals surface area (Å²) in [5.74, 6) is 1.93. The summed E-state index contributed by atoms with van der Waals surface area (Å²) >= 11 is 6.89. The molecule has 0 bridgehead atoms. The first-order valence-corrected chi connectivity index (χ1v) is 11.2. The summed E-state index contributed by atoms with van der Waals surface area (Å²) in [7, 11) is 0. The van der Waals surface area contributed by atoms with Gasteiger partial charge in [0.05, 0.1) is 0 Å². The zero-order valence-corrected chi connectivity index (χ0v) is 19.9. The van der Waals surface area contributed by atoms with Gasteiger partial charge < -0.3 is 9.47 Å². The first kappa shape index (κ1) is 25.9. The summed E-state index contributed by atoms with van der Waals surface area (Å²) in [4.78, 5) is 0. The molecule has 0 atom stereocenters. The fourth-order valence-corrected chi connectivity index (χ4v) is 3.60. The van der Waals surface area contributed by atoms with Crippen molar-refractivity contribution in [3.8, 4) is 5.75 Å². The van der Waals surface area contributed by atoms with Gasteiger partial charge in [0, 0.05) is 26.8 Å². The van der Waals surface area contributed by atoms with Crippen LogP contribution in [0, 0.1) is 0 Å². The molecule has 1 rings (SSSR count). The number of para-hydroxylation sites is 1. The van der Waals surface area contributed by atoms with Crippen LogP contribution in [0.2, 0.25) is 0 Å². The summed E-state index contributed by atoms with van der Waals surface area (Å²) in [6, 6.07) is 9.78. The third kappa shape index (κ3) is 16.1. The topological polar surface area (TPSA) is 18.5 Å². The predicted octanol–water partition coefficient (Wildman–Crippen LogP) is 7.02. The van der Waals surface area contributed by atoms with E-state index in [2.05, 4.69) is 6.92 Å². The van der Waals surface area contributed by atoms with Gasteiger partial charge >= 0.3 is 0 Å². The van der Waals surface area contributed by atoms with Crippen molar-refractivity contribution < 1.29 is 30.5 Å². The number of thioether (sulfide) groups is 1. The molecule has 0 saturated carbocycles. The minimum atomic E-state index is 0. The van der Waals surface area contributed by atoms with Crippen molar-refractivity contribution in [1.29, 1.82) is 0 Å². The van der Waals surface area contributed by atoms with Crippen molar-refractivity contribution in [2.45, 2.75) is 71.1 Å². The van der Waals surface area contributed by atoms with Gasteiger partial charge in [0.2, 0.25) is 4.38 Å². The van der Waals surface area contributed by atoms with Crippen molar-refractivity contribution in [3.05, 3.63) is 30.3 Å². The molecule has 26 heavy (non-hydrogen) atoms.